The summed E-state index contributed by atoms with van der Waals surface area (Å²) in [5.41, 5.74) is 0.394. The molecule has 3 rings (SSSR count). The second-order valence-electron chi connectivity index (χ2n) is 4.14. The van der Waals surface area contributed by atoms with Crippen LogP contribution >= 0.6 is 23.2 Å². The summed E-state index contributed by atoms with van der Waals surface area (Å²) in [6.07, 6.45) is 1.22. The topological polar surface area (TPSA) is 73.3 Å². The van der Waals surface area contributed by atoms with Gasteiger partial charge in [-0.05, 0) is 18.2 Å². The fourth-order valence-corrected chi connectivity index (χ4v) is 2.08. The van der Waals surface area contributed by atoms with Crippen molar-refractivity contribution < 1.29 is 14.3 Å². The normalized spacial score (nSPS) is 12.9. The third-order valence-electron chi connectivity index (χ3n) is 2.78. The molecule has 0 unspecified atom stereocenters. The third kappa shape index (κ3) is 2.86. The number of nitrogens with zero attached hydrogens (tertiary/aromatic N) is 2. The fraction of sp³-hybridized carbons (Fsp3) is 0.154. The van der Waals surface area contributed by atoms with Crippen LogP contribution in [0.2, 0.25) is 10.2 Å². The van der Waals surface area contributed by atoms with Crippen LogP contribution in [0.1, 0.15) is 10.4 Å². The number of ether oxygens (including phenoxy) is 2. The lowest BCUT2D eigenvalue weighted by atomic mass is 10.2. The first-order valence-electron chi connectivity index (χ1n) is 6.02. The zero-order valence-corrected chi connectivity index (χ0v) is 12.1. The van der Waals surface area contributed by atoms with Crippen LogP contribution in [0.4, 0.5) is 5.82 Å². The van der Waals surface area contributed by atoms with Gasteiger partial charge in [0.15, 0.2) is 22.5 Å². The van der Waals surface area contributed by atoms with E-state index in [1.165, 1.54) is 6.33 Å². The standard InChI is InChI=1S/C13H9Cl2N3O3/c14-10-11(15)16-6-17-12(10)18-13(19)7-1-2-8-9(5-7)21-4-3-20-8/h1-2,5-6H,3-4H2,(H,16,17,18,19). The van der Waals surface area contributed by atoms with Crippen molar-refractivity contribution in [3.05, 3.63) is 40.3 Å². The highest BCUT2D eigenvalue weighted by molar-refractivity contribution is 6.43. The lowest BCUT2D eigenvalue weighted by Crippen LogP contribution is -2.17. The van der Waals surface area contributed by atoms with Gasteiger partial charge in [-0.2, -0.15) is 0 Å². The van der Waals surface area contributed by atoms with Gasteiger partial charge in [-0.1, -0.05) is 23.2 Å². The van der Waals surface area contributed by atoms with Crippen LogP contribution in [-0.2, 0) is 0 Å². The van der Waals surface area contributed by atoms with E-state index >= 15 is 0 Å². The number of aromatic nitrogens is 2. The van der Waals surface area contributed by atoms with E-state index in [4.69, 9.17) is 32.7 Å². The van der Waals surface area contributed by atoms with Crippen molar-refractivity contribution in [1.29, 1.82) is 0 Å². The Kier molecular flexibility index (Phi) is 3.81. The first kappa shape index (κ1) is 13.9. The number of carbonyl (C=O) groups is 1. The number of anilines is 1. The largest absolute Gasteiger partial charge is 0.486 e. The van der Waals surface area contributed by atoms with E-state index in [1.54, 1.807) is 18.2 Å². The smallest absolute Gasteiger partial charge is 0.256 e. The van der Waals surface area contributed by atoms with Crippen molar-refractivity contribution in [1.82, 2.24) is 9.97 Å². The van der Waals surface area contributed by atoms with E-state index in [9.17, 15) is 4.79 Å². The molecular formula is C13H9Cl2N3O3. The van der Waals surface area contributed by atoms with E-state index < -0.39 is 0 Å². The molecule has 2 heterocycles. The van der Waals surface area contributed by atoms with Gasteiger partial charge in [-0.3, -0.25) is 4.79 Å². The van der Waals surface area contributed by atoms with Gasteiger partial charge in [0.25, 0.3) is 5.91 Å². The molecule has 0 saturated heterocycles. The zero-order chi connectivity index (χ0) is 14.8. The monoisotopic (exact) mass is 325 g/mol. The lowest BCUT2D eigenvalue weighted by Gasteiger charge is -2.18. The van der Waals surface area contributed by atoms with Crippen LogP contribution in [-0.4, -0.2) is 29.1 Å². The maximum atomic E-state index is 12.2. The van der Waals surface area contributed by atoms with Crippen LogP contribution < -0.4 is 14.8 Å². The Hall–Kier alpha value is -2.05. The molecule has 1 aromatic carbocycles. The lowest BCUT2D eigenvalue weighted by molar-refractivity contribution is 0.102. The van der Waals surface area contributed by atoms with Gasteiger partial charge in [0.1, 0.15) is 24.6 Å². The Balaban J connectivity index is 1.84. The van der Waals surface area contributed by atoms with Crippen molar-refractivity contribution in [3.8, 4) is 11.5 Å². The first-order valence-corrected chi connectivity index (χ1v) is 6.78. The number of hydrogen-bond donors (Lipinski definition) is 1. The Morgan fingerprint density at radius 1 is 1.14 bits per heavy atom. The number of amides is 1. The highest BCUT2D eigenvalue weighted by Gasteiger charge is 2.16. The van der Waals surface area contributed by atoms with Crippen molar-refractivity contribution in [2.45, 2.75) is 0 Å². The summed E-state index contributed by atoms with van der Waals surface area (Å²) in [4.78, 5) is 19.8. The van der Waals surface area contributed by atoms with Crippen molar-refractivity contribution in [2.24, 2.45) is 0 Å². The molecule has 1 aliphatic heterocycles. The van der Waals surface area contributed by atoms with Crippen LogP contribution in [0.5, 0.6) is 11.5 Å². The molecule has 1 N–H and O–H groups in total. The Labute approximate surface area is 130 Å². The highest BCUT2D eigenvalue weighted by Crippen LogP contribution is 2.31. The van der Waals surface area contributed by atoms with E-state index in [1.807, 2.05) is 0 Å². The molecule has 0 atom stereocenters. The Morgan fingerprint density at radius 2 is 1.90 bits per heavy atom. The second kappa shape index (κ2) is 5.75. The number of halogens is 2. The summed E-state index contributed by atoms with van der Waals surface area (Å²) >= 11 is 11.7. The molecule has 6 nitrogen and oxygen atoms in total. The predicted molar refractivity (Wildman–Crippen MR) is 77.4 cm³/mol. The number of nitrogens with one attached hydrogen (secondary N) is 1. The molecule has 0 bridgehead atoms. The maximum Gasteiger partial charge on any atom is 0.256 e. The van der Waals surface area contributed by atoms with E-state index in [0.29, 0.717) is 30.3 Å². The third-order valence-corrected chi connectivity index (χ3v) is 3.52. The minimum atomic E-state index is -0.386. The van der Waals surface area contributed by atoms with Crippen molar-refractivity contribution in [2.75, 3.05) is 18.5 Å². The van der Waals surface area contributed by atoms with Gasteiger partial charge in [0, 0.05) is 5.56 Å². The van der Waals surface area contributed by atoms with E-state index in [0.717, 1.165) is 0 Å². The number of rotatable bonds is 2. The van der Waals surface area contributed by atoms with E-state index in [-0.39, 0.29) is 21.9 Å². The highest BCUT2D eigenvalue weighted by atomic mass is 35.5. The maximum absolute atomic E-state index is 12.2. The Bertz CT molecular complexity index is 709. The molecule has 0 fully saturated rings. The van der Waals surface area contributed by atoms with Gasteiger partial charge in [-0.25, -0.2) is 9.97 Å². The van der Waals surface area contributed by atoms with Crippen LogP contribution in [0.15, 0.2) is 24.5 Å². The van der Waals surface area contributed by atoms with Gasteiger partial charge in [0.2, 0.25) is 0 Å². The van der Waals surface area contributed by atoms with E-state index in [2.05, 4.69) is 15.3 Å². The molecule has 0 saturated carbocycles. The molecule has 8 heteroatoms. The summed E-state index contributed by atoms with van der Waals surface area (Å²) in [5.74, 6) is 0.904. The Morgan fingerprint density at radius 3 is 2.71 bits per heavy atom. The zero-order valence-electron chi connectivity index (χ0n) is 10.6. The first-order chi connectivity index (χ1) is 10.1. The summed E-state index contributed by atoms with van der Waals surface area (Å²) in [6, 6.07) is 4.90. The summed E-state index contributed by atoms with van der Waals surface area (Å²) in [7, 11) is 0. The SMILES string of the molecule is O=C(Nc1ncnc(Cl)c1Cl)c1ccc2c(c1)OCCO2. The molecule has 0 radical (unpaired) electrons. The van der Waals surface area contributed by atoms with Gasteiger partial charge >= 0.3 is 0 Å². The van der Waals surface area contributed by atoms with Crippen molar-refractivity contribution in [3.63, 3.8) is 0 Å². The average molecular weight is 326 g/mol. The predicted octanol–water partition coefficient (Wildman–Crippen LogP) is 2.81. The molecular weight excluding hydrogens is 317 g/mol. The number of fused-ring (bicyclic) bond motifs is 1. The molecule has 1 aliphatic rings. The number of hydrogen-bond acceptors (Lipinski definition) is 5. The van der Waals surface area contributed by atoms with Crippen LogP contribution in [0, 0.1) is 0 Å². The van der Waals surface area contributed by atoms with Gasteiger partial charge in [0.05, 0.1) is 0 Å². The van der Waals surface area contributed by atoms with Gasteiger partial charge in [-0.15, -0.1) is 0 Å². The average Bonchev–Trinajstić information content (AvgIpc) is 2.51. The van der Waals surface area contributed by atoms with Gasteiger partial charge < -0.3 is 14.8 Å². The fourth-order valence-electron chi connectivity index (χ4n) is 1.80. The van der Waals surface area contributed by atoms with Crippen molar-refractivity contribution >= 4 is 34.9 Å². The number of carbonyl (C=O) groups excluding carboxylic acids is 1. The molecule has 0 aliphatic carbocycles. The summed E-state index contributed by atoms with van der Waals surface area (Å²) in [6.45, 7) is 0.943. The molecule has 108 valence electrons. The molecule has 1 amide bonds. The minimum absolute atomic E-state index is 0.0733. The molecule has 1 aromatic heterocycles. The van der Waals surface area contributed by atoms with Crippen LogP contribution in [0.25, 0.3) is 0 Å². The molecule has 0 spiro atoms. The summed E-state index contributed by atoms with van der Waals surface area (Å²) in [5, 5.41) is 2.73. The minimum Gasteiger partial charge on any atom is -0.486 e. The molecule has 2 aromatic rings. The number of benzene rings is 1. The van der Waals surface area contributed by atoms with Crippen LogP contribution in [0.3, 0.4) is 0 Å². The summed E-state index contributed by atoms with van der Waals surface area (Å²) < 4.78 is 10.8. The second-order valence-corrected chi connectivity index (χ2v) is 4.88. The molecule has 21 heavy (non-hydrogen) atoms. The quantitative estimate of drug-likeness (QED) is 0.859.